The third-order valence-corrected chi connectivity index (χ3v) is 14.7. The van der Waals surface area contributed by atoms with Gasteiger partial charge < -0.3 is 74.8 Å². The van der Waals surface area contributed by atoms with Crippen LogP contribution < -0.4 is 11.1 Å². The van der Waals surface area contributed by atoms with E-state index in [1.807, 2.05) is 39.8 Å². The number of likely N-dealkylation sites (N-methyl/N-ethyl adjacent to an activating group) is 2. The highest BCUT2D eigenvalue weighted by Crippen LogP contribution is 2.40. The number of carbonyl (C=O) groups excluding carboxylic acids is 2. The first-order chi connectivity index (χ1) is 30.3. The van der Waals surface area contributed by atoms with Gasteiger partial charge in [-0.3, -0.25) is 9.59 Å². The summed E-state index contributed by atoms with van der Waals surface area (Å²) in [6.45, 7) is 19.8. The molecule has 3 aliphatic heterocycles. The van der Waals surface area contributed by atoms with E-state index in [2.05, 4.69) is 10.2 Å². The number of ether oxygens (including phenoxy) is 6. The molecule has 0 bridgehead atoms. The van der Waals surface area contributed by atoms with E-state index in [-0.39, 0.29) is 43.2 Å². The van der Waals surface area contributed by atoms with Crippen LogP contribution in [0.1, 0.15) is 140 Å². The fraction of sp³-hybridized carbons (Fsp3) is 0.958. The number of aliphatic hydroxyl groups excluding tert-OH is 3. The maximum absolute atomic E-state index is 14.4. The molecule has 65 heavy (non-hydrogen) atoms. The Kier molecular flexibility index (Phi) is 23.0. The van der Waals surface area contributed by atoms with Crippen molar-refractivity contribution < 1.29 is 63.5 Å². The molecule has 0 aliphatic carbocycles. The summed E-state index contributed by atoms with van der Waals surface area (Å²) >= 11 is 0. The molecule has 382 valence electrons. The molecule has 0 aromatic heterocycles. The monoisotopic (exact) mass is 933 g/mol. The first kappa shape index (κ1) is 57.7. The van der Waals surface area contributed by atoms with Gasteiger partial charge in [0.1, 0.15) is 30.0 Å². The van der Waals surface area contributed by atoms with Crippen LogP contribution >= 0.6 is 0 Å². The van der Waals surface area contributed by atoms with Crippen LogP contribution in [0.15, 0.2) is 0 Å². The number of cyclic esters (lactones) is 1. The second-order valence-corrected chi connectivity index (χ2v) is 20.7. The molecule has 1 amide bonds. The second kappa shape index (κ2) is 25.9. The van der Waals surface area contributed by atoms with Gasteiger partial charge in [-0.2, -0.15) is 0 Å². The summed E-state index contributed by atoms with van der Waals surface area (Å²) in [4.78, 5) is 30.9. The van der Waals surface area contributed by atoms with Crippen LogP contribution in [0.3, 0.4) is 0 Å². The van der Waals surface area contributed by atoms with Gasteiger partial charge in [0.05, 0.1) is 41.5 Å². The van der Waals surface area contributed by atoms with Crippen molar-refractivity contribution in [2.24, 2.45) is 23.5 Å². The average molecular weight is 933 g/mol. The van der Waals surface area contributed by atoms with E-state index in [1.54, 1.807) is 41.5 Å². The van der Waals surface area contributed by atoms with E-state index < -0.39 is 96.0 Å². The van der Waals surface area contributed by atoms with E-state index in [0.29, 0.717) is 45.4 Å². The number of methoxy groups -OCH3 is 1. The number of unbranched alkanes of at least 4 members (excludes halogenated alkanes) is 4. The van der Waals surface area contributed by atoms with Crippen LogP contribution in [0.2, 0.25) is 0 Å². The van der Waals surface area contributed by atoms with Crippen LogP contribution in [-0.2, 0) is 38.0 Å². The minimum absolute atomic E-state index is 0.0319. The minimum Gasteiger partial charge on any atom is -0.459 e. The van der Waals surface area contributed by atoms with E-state index in [0.717, 1.165) is 32.1 Å². The summed E-state index contributed by atoms with van der Waals surface area (Å²) in [7, 11) is 5.27. The number of nitrogens with two attached hydrogens (primary N) is 1. The summed E-state index contributed by atoms with van der Waals surface area (Å²) in [5.74, 6) is -2.71. The lowest BCUT2D eigenvalue weighted by molar-refractivity contribution is -0.318. The topological polar surface area (TPSA) is 235 Å². The quantitative estimate of drug-likeness (QED) is 0.0773. The number of carbonyl (C=O) groups is 2. The van der Waals surface area contributed by atoms with Crippen LogP contribution in [-0.4, -0.2) is 185 Å². The molecular weight excluding hydrogens is 841 g/mol. The van der Waals surface area contributed by atoms with Crippen molar-refractivity contribution in [1.82, 2.24) is 15.1 Å². The predicted octanol–water partition coefficient (Wildman–Crippen LogP) is 3.08. The van der Waals surface area contributed by atoms with Gasteiger partial charge in [0.15, 0.2) is 12.6 Å². The van der Waals surface area contributed by atoms with E-state index in [9.17, 15) is 35.1 Å². The van der Waals surface area contributed by atoms with Crippen molar-refractivity contribution in [2.45, 2.75) is 230 Å². The molecule has 17 heteroatoms. The molecule has 0 unspecified atom stereocenters. The molecule has 3 saturated heterocycles. The number of hydrogen-bond donors (Lipinski definition) is 7. The lowest BCUT2D eigenvalue weighted by atomic mass is 9.77. The first-order valence-electron chi connectivity index (χ1n) is 24.6. The standard InChI is InChI=1S/C48H92N4O13/c1-14-36-48(10,59)41(55)33(6)52(12)28-29(2)26-46(8,58)43(31(4)40(32(5)44(57)63-36)64-38-27-47(9,60-13)42(56)34(7)62-38)65-45-39(54)35(25-30(3)61-45)51(11)24-20-23-50-37(53)21-18-16-15-17-19-22-49/h29-36,38-43,45,54-56,58-59H,14-28,49H2,1-13H3,(H,50,53)/t29-,30-,31+,32-,33-,34+,35+,36-,38+,39-,40+,41-,42+,43-,45+,46-,47-,48-/m1/s1. The number of nitrogens with zero attached hydrogens (tertiary/aromatic N) is 2. The molecule has 18 atom stereocenters. The van der Waals surface area contributed by atoms with E-state index in [4.69, 9.17) is 34.2 Å². The van der Waals surface area contributed by atoms with Crippen molar-refractivity contribution in [3.8, 4) is 0 Å². The Morgan fingerprint density at radius 2 is 1.58 bits per heavy atom. The largest absolute Gasteiger partial charge is 0.459 e. The summed E-state index contributed by atoms with van der Waals surface area (Å²) in [5, 5.41) is 62.3. The fourth-order valence-corrected chi connectivity index (χ4v) is 10.4. The number of amides is 1. The smallest absolute Gasteiger partial charge is 0.311 e. The molecule has 8 N–H and O–H groups in total. The number of hydrogen-bond acceptors (Lipinski definition) is 16. The zero-order chi connectivity index (χ0) is 49.0. The third-order valence-electron chi connectivity index (χ3n) is 14.7. The molecule has 3 rings (SSSR count). The summed E-state index contributed by atoms with van der Waals surface area (Å²) in [5.41, 5.74) is 1.08. The first-order valence-corrected chi connectivity index (χ1v) is 24.6. The Morgan fingerprint density at radius 1 is 0.938 bits per heavy atom. The number of aliphatic hydroxyl groups is 5. The van der Waals surface area contributed by atoms with Gasteiger partial charge >= 0.3 is 5.97 Å². The Bertz CT molecular complexity index is 1430. The Balaban J connectivity index is 1.97. The maximum atomic E-state index is 14.4. The molecule has 3 aliphatic rings. The highest BCUT2D eigenvalue weighted by molar-refractivity contribution is 5.75. The van der Waals surface area contributed by atoms with Crippen molar-refractivity contribution >= 4 is 11.9 Å². The van der Waals surface area contributed by atoms with Gasteiger partial charge in [0.25, 0.3) is 0 Å². The van der Waals surface area contributed by atoms with Crippen molar-refractivity contribution in [2.75, 3.05) is 47.4 Å². The van der Waals surface area contributed by atoms with Crippen molar-refractivity contribution in [3.05, 3.63) is 0 Å². The average Bonchev–Trinajstić information content (AvgIpc) is 3.24. The van der Waals surface area contributed by atoms with E-state index in [1.165, 1.54) is 14.0 Å². The van der Waals surface area contributed by atoms with Gasteiger partial charge in [-0.15, -0.1) is 0 Å². The highest BCUT2D eigenvalue weighted by atomic mass is 16.7. The molecular formula is C48H92N4O13. The minimum atomic E-state index is -1.83. The molecule has 0 aromatic rings. The van der Waals surface area contributed by atoms with Gasteiger partial charge in [0, 0.05) is 51.0 Å². The summed E-state index contributed by atoms with van der Waals surface area (Å²) < 4.78 is 38.1. The Morgan fingerprint density at radius 3 is 2.22 bits per heavy atom. The van der Waals surface area contributed by atoms with Crippen LogP contribution in [0.5, 0.6) is 0 Å². The van der Waals surface area contributed by atoms with Crippen LogP contribution in [0.25, 0.3) is 0 Å². The van der Waals surface area contributed by atoms with Crippen molar-refractivity contribution in [1.29, 1.82) is 0 Å². The zero-order valence-corrected chi connectivity index (χ0v) is 42.2. The number of rotatable bonds is 18. The molecule has 3 heterocycles. The van der Waals surface area contributed by atoms with Gasteiger partial charge in [-0.1, -0.05) is 40.0 Å². The number of nitrogens with one attached hydrogen (secondary N) is 1. The van der Waals surface area contributed by atoms with Gasteiger partial charge in [0.2, 0.25) is 5.91 Å². The molecule has 17 nitrogen and oxygen atoms in total. The Hall–Kier alpha value is -1.58. The SMILES string of the molecule is CC[C@H]1OC(=O)[C@H](C)[C@@H](O[C@H]2C[C@@](C)(OC)[C@@H](O)[C@H](C)O2)[C@H](C)[C@@H](O[C@@H]2O[C@H](C)C[C@H](N(C)CCCNC(=O)CCCCCCCN)[C@H]2O)[C@](C)(O)C[C@@H](C)CN(C)[C@H](C)[C@@H](O)[C@]1(C)O. The lowest BCUT2D eigenvalue weighted by Gasteiger charge is -2.49. The van der Waals surface area contributed by atoms with Gasteiger partial charge in [-0.25, -0.2) is 0 Å². The molecule has 0 aromatic carbocycles. The number of esters is 1. The third kappa shape index (κ3) is 15.7. The predicted molar refractivity (Wildman–Crippen MR) is 248 cm³/mol. The molecule has 0 radical (unpaired) electrons. The summed E-state index contributed by atoms with van der Waals surface area (Å²) in [6, 6.07) is -0.948. The van der Waals surface area contributed by atoms with Crippen LogP contribution in [0.4, 0.5) is 0 Å². The fourth-order valence-electron chi connectivity index (χ4n) is 10.4. The molecule has 0 saturated carbocycles. The highest BCUT2D eigenvalue weighted by Gasteiger charge is 2.53. The summed E-state index contributed by atoms with van der Waals surface area (Å²) in [6.07, 6.45) is -2.68. The zero-order valence-electron chi connectivity index (χ0n) is 42.2. The van der Waals surface area contributed by atoms with Crippen LogP contribution in [0, 0.1) is 17.8 Å². The Labute approximate surface area is 390 Å². The van der Waals surface area contributed by atoms with Gasteiger partial charge in [-0.05, 0) is 120 Å². The van der Waals surface area contributed by atoms with E-state index >= 15 is 0 Å². The van der Waals surface area contributed by atoms with Crippen molar-refractivity contribution in [3.63, 3.8) is 0 Å². The molecule has 3 fully saturated rings. The molecule has 0 spiro atoms. The maximum Gasteiger partial charge on any atom is 0.311 e. The lowest BCUT2D eigenvalue weighted by Crippen LogP contribution is -2.61. The normalized spacial score (nSPS) is 42.0. The second-order valence-electron chi connectivity index (χ2n) is 20.7.